The van der Waals surface area contributed by atoms with Gasteiger partial charge in [0.2, 0.25) is 5.91 Å². The molecule has 3 nitrogen and oxygen atoms in total. The molecule has 0 bridgehead atoms. The molecule has 94 valence electrons. The summed E-state index contributed by atoms with van der Waals surface area (Å²) in [7, 11) is 0. The normalized spacial score (nSPS) is 21.5. The largest absolute Gasteiger partial charge is 0.396 e. The number of carbonyl (C=O) groups excluding carboxylic acids is 1. The first kappa shape index (κ1) is 13.8. The van der Waals surface area contributed by atoms with Crippen molar-refractivity contribution in [2.24, 2.45) is 5.41 Å². The number of aliphatic hydroxyl groups is 1. The Labute approximate surface area is 103 Å². The minimum absolute atomic E-state index is 0.155. The molecular weight excluding hydrogens is 226 g/mol. The Balaban J connectivity index is 2.60. The number of nitrogens with zero attached hydrogens (tertiary/aromatic N) is 1. The molecular formula is C12H22ClNO2. The van der Waals surface area contributed by atoms with Crippen LogP contribution in [-0.4, -0.2) is 41.0 Å². The van der Waals surface area contributed by atoms with Crippen LogP contribution in [0.2, 0.25) is 0 Å². The van der Waals surface area contributed by atoms with Gasteiger partial charge in [-0.25, -0.2) is 0 Å². The van der Waals surface area contributed by atoms with Crippen LogP contribution in [0.25, 0.3) is 0 Å². The van der Waals surface area contributed by atoms with Crippen molar-refractivity contribution in [2.75, 3.05) is 19.0 Å². The zero-order valence-corrected chi connectivity index (χ0v) is 11.0. The summed E-state index contributed by atoms with van der Waals surface area (Å²) in [5, 5.41) is 8.83. The minimum Gasteiger partial charge on any atom is -0.396 e. The first-order chi connectivity index (χ1) is 7.53. The van der Waals surface area contributed by atoms with Crippen LogP contribution in [0.15, 0.2) is 0 Å². The minimum atomic E-state index is -0.469. The highest BCUT2D eigenvalue weighted by atomic mass is 35.5. The summed E-state index contributed by atoms with van der Waals surface area (Å²) < 4.78 is 0. The Bertz CT molecular complexity index is 243. The zero-order valence-electron chi connectivity index (χ0n) is 10.2. The SMILES string of the molecule is CC(C)(CCl)C(=O)N1CCCC1CCCO. The number of aliphatic hydroxyl groups excluding tert-OH is 1. The monoisotopic (exact) mass is 247 g/mol. The van der Waals surface area contributed by atoms with Gasteiger partial charge in [-0.3, -0.25) is 4.79 Å². The van der Waals surface area contributed by atoms with Crippen molar-refractivity contribution >= 4 is 17.5 Å². The average molecular weight is 248 g/mol. The van der Waals surface area contributed by atoms with E-state index in [1.165, 1.54) is 0 Å². The van der Waals surface area contributed by atoms with Crippen molar-refractivity contribution in [1.29, 1.82) is 0 Å². The highest BCUT2D eigenvalue weighted by Gasteiger charge is 2.36. The number of likely N-dealkylation sites (tertiary alicyclic amines) is 1. The Morgan fingerprint density at radius 1 is 1.56 bits per heavy atom. The third-order valence-electron chi connectivity index (χ3n) is 3.25. The maximum atomic E-state index is 12.3. The highest BCUT2D eigenvalue weighted by molar-refractivity contribution is 6.19. The number of rotatable bonds is 5. The van der Waals surface area contributed by atoms with Gasteiger partial charge in [-0.2, -0.15) is 0 Å². The Morgan fingerprint density at radius 2 is 2.25 bits per heavy atom. The number of amides is 1. The molecule has 1 rings (SSSR count). The summed E-state index contributed by atoms with van der Waals surface area (Å²) in [5.74, 6) is 0.512. The van der Waals surface area contributed by atoms with Crippen LogP contribution in [0.1, 0.15) is 39.5 Å². The number of alkyl halides is 1. The van der Waals surface area contributed by atoms with Gasteiger partial charge in [0.15, 0.2) is 0 Å². The summed E-state index contributed by atoms with van der Waals surface area (Å²) in [5.41, 5.74) is -0.469. The highest BCUT2D eigenvalue weighted by Crippen LogP contribution is 2.28. The van der Waals surface area contributed by atoms with E-state index in [9.17, 15) is 4.79 Å². The predicted molar refractivity (Wildman–Crippen MR) is 65.6 cm³/mol. The fraction of sp³-hybridized carbons (Fsp3) is 0.917. The van der Waals surface area contributed by atoms with E-state index in [4.69, 9.17) is 16.7 Å². The Morgan fingerprint density at radius 3 is 2.81 bits per heavy atom. The molecule has 0 aromatic rings. The van der Waals surface area contributed by atoms with Crippen molar-refractivity contribution in [2.45, 2.75) is 45.6 Å². The van der Waals surface area contributed by atoms with Crippen LogP contribution < -0.4 is 0 Å². The Hall–Kier alpha value is -0.280. The second-order valence-electron chi connectivity index (χ2n) is 5.18. The lowest BCUT2D eigenvalue weighted by Crippen LogP contribution is -2.44. The van der Waals surface area contributed by atoms with E-state index in [-0.39, 0.29) is 12.5 Å². The number of carbonyl (C=O) groups is 1. The van der Waals surface area contributed by atoms with Gasteiger partial charge in [0, 0.05) is 25.1 Å². The lowest BCUT2D eigenvalue weighted by atomic mass is 9.93. The van der Waals surface area contributed by atoms with E-state index in [1.54, 1.807) is 0 Å². The molecule has 1 aliphatic heterocycles. The van der Waals surface area contributed by atoms with Gasteiger partial charge >= 0.3 is 0 Å². The molecule has 0 saturated carbocycles. The molecule has 0 radical (unpaired) electrons. The number of halogens is 1. The smallest absolute Gasteiger partial charge is 0.229 e. The van der Waals surface area contributed by atoms with Crippen molar-refractivity contribution in [1.82, 2.24) is 4.90 Å². The van der Waals surface area contributed by atoms with Crippen molar-refractivity contribution in [3.8, 4) is 0 Å². The summed E-state index contributed by atoms with van der Waals surface area (Å²) in [4.78, 5) is 14.2. The van der Waals surface area contributed by atoms with Crippen LogP contribution in [0.4, 0.5) is 0 Å². The first-order valence-electron chi connectivity index (χ1n) is 6.01. The predicted octanol–water partition coefficient (Wildman–Crippen LogP) is 2.01. The topological polar surface area (TPSA) is 40.5 Å². The molecule has 1 heterocycles. The van der Waals surface area contributed by atoms with Crippen LogP contribution in [0.3, 0.4) is 0 Å². The molecule has 16 heavy (non-hydrogen) atoms. The molecule has 0 spiro atoms. The molecule has 0 aromatic heterocycles. The second-order valence-corrected chi connectivity index (χ2v) is 5.45. The van der Waals surface area contributed by atoms with E-state index >= 15 is 0 Å². The van der Waals surface area contributed by atoms with Gasteiger partial charge in [0.25, 0.3) is 0 Å². The van der Waals surface area contributed by atoms with Crippen LogP contribution >= 0.6 is 11.6 Å². The standard InChI is InChI=1S/C12H22ClNO2/c1-12(2,9-13)11(16)14-7-3-5-10(14)6-4-8-15/h10,15H,3-9H2,1-2H3. The molecule has 1 saturated heterocycles. The lowest BCUT2D eigenvalue weighted by molar-refractivity contribution is -0.140. The first-order valence-corrected chi connectivity index (χ1v) is 6.54. The maximum Gasteiger partial charge on any atom is 0.229 e. The quantitative estimate of drug-likeness (QED) is 0.755. The average Bonchev–Trinajstić information content (AvgIpc) is 2.73. The zero-order chi connectivity index (χ0) is 12.2. The van der Waals surface area contributed by atoms with E-state index in [0.29, 0.717) is 11.9 Å². The molecule has 1 unspecified atom stereocenters. The molecule has 1 N–H and O–H groups in total. The number of hydrogen-bond donors (Lipinski definition) is 1. The summed E-state index contributed by atoms with van der Waals surface area (Å²) in [6.45, 7) is 4.83. The third kappa shape index (κ3) is 3.11. The molecule has 1 aliphatic rings. The molecule has 0 aromatic carbocycles. The van der Waals surface area contributed by atoms with Gasteiger partial charge in [0.1, 0.15) is 0 Å². The van der Waals surface area contributed by atoms with Gasteiger partial charge in [-0.05, 0) is 39.5 Å². The van der Waals surface area contributed by atoms with E-state index in [1.807, 2.05) is 18.7 Å². The Kier molecular flexibility index (Phi) is 5.06. The summed E-state index contributed by atoms with van der Waals surface area (Å²) in [6, 6.07) is 0.308. The fourth-order valence-corrected chi connectivity index (χ4v) is 2.29. The molecule has 1 amide bonds. The maximum absolute atomic E-state index is 12.3. The van der Waals surface area contributed by atoms with E-state index in [2.05, 4.69) is 0 Å². The fourth-order valence-electron chi connectivity index (χ4n) is 2.18. The van der Waals surface area contributed by atoms with Crippen LogP contribution in [0, 0.1) is 5.41 Å². The van der Waals surface area contributed by atoms with Gasteiger partial charge in [-0.1, -0.05) is 0 Å². The lowest BCUT2D eigenvalue weighted by Gasteiger charge is -2.32. The molecule has 4 heteroatoms. The van der Waals surface area contributed by atoms with Crippen LogP contribution in [-0.2, 0) is 4.79 Å². The van der Waals surface area contributed by atoms with Crippen molar-refractivity contribution in [3.05, 3.63) is 0 Å². The summed E-state index contributed by atoms with van der Waals surface area (Å²) >= 11 is 5.83. The van der Waals surface area contributed by atoms with Crippen molar-refractivity contribution < 1.29 is 9.90 Å². The number of hydrogen-bond acceptors (Lipinski definition) is 2. The molecule has 1 fully saturated rings. The van der Waals surface area contributed by atoms with Gasteiger partial charge in [-0.15, -0.1) is 11.6 Å². The van der Waals surface area contributed by atoms with E-state index in [0.717, 1.165) is 32.2 Å². The van der Waals surface area contributed by atoms with E-state index < -0.39 is 5.41 Å². The van der Waals surface area contributed by atoms with Gasteiger partial charge in [0.05, 0.1) is 5.41 Å². The molecule has 0 aliphatic carbocycles. The summed E-state index contributed by atoms with van der Waals surface area (Å²) in [6.07, 6.45) is 3.81. The molecule has 1 atom stereocenters. The van der Waals surface area contributed by atoms with Gasteiger partial charge < -0.3 is 10.0 Å². The third-order valence-corrected chi connectivity index (χ3v) is 3.91. The van der Waals surface area contributed by atoms with Crippen molar-refractivity contribution in [3.63, 3.8) is 0 Å². The second kappa shape index (κ2) is 5.87. The van der Waals surface area contributed by atoms with Crippen LogP contribution in [0.5, 0.6) is 0 Å².